The second kappa shape index (κ2) is 4.70. The topological polar surface area (TPSA) is 12.9 Å². The zero-order valence-corrected chi connectivity index (χ0v) is 9.84. The van der Waals surface area contributed by atoms with Crippen LogP contribution in [0.5, 0.6) is 0 Å². The van der Waals surface area contributed by atoms with Gasteiger partial charge in [-0.05, 0) is 29.8 Å². The number of aromatic nitrogens is 1. The third-order valence-electron chi connectivity index (χ3n) is 2.19. The van der Waals surface area contributed by atoms with Crippen molar-refractivity contribution in [1.29, 1.82) is 0 Å². The first-order valence-corrected chi connectivity index (χ1v) is 5.79. The number of halogens is 3. The summed E-state index contributed by atoms with van der Waals surface area (Å²) in [7, 11) is 0. The Bertz CT molecular complexity index is 514. The number of hydrogen-bond acceptors (Lipinski definition) is 1. The quantitative estimate of drug-likeness (QED) is 0.762. The van der Waals surface area contributed by atoms with Crippen molar-refractivity contribution in [3.8, 4) is 11.3 Å². The van der Waals surface area contributed by atoms with Gasteiger partial charge in [0.1, 0.15) is 11.6 Å². The van der Waals surface area contributed by atoms with E-state index < -0.39 is 11.6 Å². The molecule has 0 spiro atoms. The Hall–Kier alpha value is -1.29. The molecule has 1 nitrogen and oxygen atoms in total. The van der Waals surface area contributed by atoms with Crippen molar-refractivity contribution in [2.45, 2.75) is 5.33 Å². The molecule has 0 saturated carbocycles. The second-order valence-electron chi connectivity index (χ2n) is 3.31. The van der Waals surface area contributed by atoms with Crippen LogP contribution >= 0.6 is 15.9 Å². The Balaban J connectivity index is 2.49. The monoisotopic (exact) mass is 283 g/mol. The molecule has 1 heterocycles. The van der Waals surface area contributed by atoms with Crippen LogP contribution in [0.3, 0.4) is 0 Å². The van der Waals surface area contributed by atoms with Crippen LogP contribution in [0.25, 0.3) is 11.3 Å². The summed E-state index contributed by atoms with van der Waals surface area (Å²) >= 11 is 3.31. The van der Waals surface area contributed by atoms with Crippen molar-refractivity contribution in [3.05, 3.63) is 53.7 Å². The molecule has 0 saturated heterocycles. The Morgan fingerprint density at radius 2 is 1.94 bits per heavy atom. The van der Waals surface area contributed by atoms with Crippen LogP contribution in [-0.4, -0.2) is 4.98 Å². The van der Waals surface area contributed by atoms with E-state index in [9.17, 15) is 8.78 Å². The Morgan fingerprint density at radius 1 is 1.12 bits per heavy atom. The molecule has 0 aliphatic rings. The maximum Gasteiger partial charge on any atom is 0.135 e. The van der Waals surface area contributed by atoms with Crippen molar-refractivity contribution in [3.63, 3.8) is 0 Å². The maximum absolute atomic E-state index is 13.5. The minimum atomic E-state index is -0.598. The van der Waals surface area contributed by atoms with Gasteiger partial charge in [-0.1, -0.05) is 15.9 Å². The second-order valence-corrected chi connectivity index (χ2v) is 3.87. The summed E-state index contributed by atoms with van der Waals surface area (Å²) in [5, 5.41) is 0.672. The van der Waals surface area contributed by atoms with Crippen molar-refractivity contribution >= 4 is 15.9 Å². The van der Waals surface area contributed by atoms with Gasteiger partial charge in [0.15, 0.2) is 0 Å². The van der Waals surface area contributed by atoms with E-state index >= 15 is 0 Å². The lowest BCUT2D eigenvalue weighted by Crippen LogP contribution is -1.90. The molecule has 2 aromatic rings. The first kappa shape index (κ1) is 11.2. The predicted molar refractivity (Wildman–Crippen MR) is 62.2 cm³/mol. The van der Waals surface area contributed by atoms with Gasteiger partial charge in [-0.3, -0.25) is 4.98 Å². The van der Waals surface area contributed by atoms with E-state index in [1.807, 2.05) is 6.07 Å². The third-order valence-corrected chi connectivity index (χ3v) is 2.83. The number of pyridine rings is 1. The molecule has 0 aliphatic carbocycles. The fourth-order valence-corrected chi connectivity index (χ4v) is 1.75. The highest BCUT2D eigenvalue weighted by molar-refractivity contribution is 9.08. The number of hydrogen-bond donors (Lipinski definition) is 0. The highest BCUT2D eigenvalue weighted by Gasteiger charge is 2.07. The van der Waals surface area contributed by atoms with E-state index in [0.29, 0.717) is 16.6 Å². The van der Waals surface area contributed by atoms with Crippen molar-refractivity contribution in [1.82, 2.24) is 4.98 Å². The Labute approximate surface area is 100 Å². The lowest BCUT2D eigenvalue weighted by atomic mass is 10.1. The largest absolute Gasteiger partial charge is 0.256 e. The summed E-state index contributed by atoms with van der Waals surface area (Å²) in [5.41, 5.74) is 1.81. The van der Waals surface area contributed by atoms with E-state index in [4.69, 9.17) is 0 Å². The molecule has 1 aromatic carbocycles. The number of benzene rings is 1. The lowest BCUT2D eigenvalue weighted by Gasteiger charge is -2.04. The molecule has 0 aliphatic heterocycles. The first-order valence-electron chi connectivity index (χ1n) is 4.67. The van der Waals surface area contributed by atoms with E-state index in [1.54, 1.807) is 12.3 Å². The molecular weight excluding hydrogens is 276 g/mol. The van der Waals surface area contributed by atoms with E-state index in [-0.39, 0.29) is 0 Å². The molecule has 0 atom stereocenters. The highest BCUT2D eigenvalue weighted by Crippen LogP contribution is 2.22. The van der Waals surface area contributed by atoms with Crippen LogP contribution in [0.2, 0.25) is 0 Å². The van der Waals surface area contributed by atoms with Gasteiger partial charge in [0, 0.05) is 23.2 Å². The summed E-state index contributed by atoms with van der Waals surface area (Å²) in [5.74, 6) is -1.18. The summed E-state index contributed by atoms with van der Waals surface area (Å²) in [6.45, 7) is 0. The predicted octanol–water partition coefficient (Wildman–Crippen LogP) is 3.92. The van der Waals surface area contributed by atoms with Crippen molar-refractivity contribution in [2.24, 2.45) is 0 Å². The summed E-state index contributed by atoms with van der Waals surface area (Å²) < 4.78 is 26.2. The zero-order chi connectivity index (χ0) is 11.5. The minimum Gasteiger partial charge on any atom is -0.256 e. The highest BCUT2D eigenvalue weighted by atomic mass is 79.9. The zero-order valence-electron chi connectivity index (χ0n) is 8.25. The molecule has 0 fully saturated rings. The summed E-state index contributed by atoms with van der Waals surface area (Å²) in [4.78, 5) is 4.06. The van der Waals surface area contributed by atoms with Gasteiger partial charge in [0.2, 0.25) is 0 Å². The molecule has 2 rings (SSSR count). The molecule has 0 amide bonds. The number of alkyl halides is 1. The van der Waals surface area contributed by atoms with E-state index in [0.717, 1.165) is 11.6 Å². The van der Waals surface area contributed by atoms with Gasteiger partial charge in [-0.2, -0.15) is 0 Å². The van der Waals surface area contributed by atoms with E-state index in [1.165, 1.54) is 12.1 Å². The van der Waals surface area contributed by atoms with Gasteiger partial charge in [0.25, 0.3) is 0 Å². The first-order chi connectivity index (χ1) is 7.70. The van der Waals surface area contributed by atoms with Crippen LogP contribution in [-0.2, 0) is 5.33 Å². The molecule has 0 N–H and O–H groups in total. The lowest BCUT2D eigenvalue weighted by molar-refractivity contribution is 0.585. The molecule has 16 heavy (non-hydrogen) atoms. The average molecular weight is 284 g/mol. The maximum atomic E-state index is 13.5. The van der Waals surface area contributed by atoms with Crippen LogP contribution in [0, 0.1) is 11.6 Å². The van der Waals surface area contributed by atoms with Crippen LogP contribution in [0.15, 0.2) is 36.5 Å². The van der Waals surface area contributed by atoms with Crippen LogP contribution in [0.4, 0.5) is 8.78 Å². The fraction of sp³-hybridized carbons (Fsp3) is 0.0833. The number of nitrogens with zero attached hydrogens (tertiary/aromatic N) is 1. The van der Waals surface area contributed by atoms with Gasteiger partial charge < -0.3 is 0 Å². The third kappa shape index (κ3) is 2.27. The van der Waals surface area contributed by atoms with Crippen molar-refractivity contribution in [2.75, 3.05) is 0 Å². The Morgan fingerprint density at radius 3 is 2.62 bits per heavy atom. The number of rotatable bonds is 2. The van der Waals surface area contributed by atoms with Gasteiger partial charge in [0.05, 0.1) is 5.69 Å². The molecule has 1 aromatic heterocycles. The fourth-order valence-electron chi connectivity index (χ4n) is 1.40. The van der Waals surface area contributed by atoms with Crippen LogP contribution in [0.1, 0.15) is 5.56 Å². The molecule has 0 unspecified atom stereocenters. The molecule has 82 valence electrons. The Kier molecular flexibility index (Phi) is 3.29. The average Bonchev–Trinajstić information content (AvgIpc) is 2.29. The summed E-state index contributed by atoms with van der Waals surface area (Å²) in [6, 6.07) is 7.08. The minimum absolute atomic E-state index is 0.309. The van der Waals surface area contributed by atoms with Crippen molar-refractivity contribution < 1.29 is 8.78 Å². The standard InChI is InChI=1S/C12H8BrF2N/c13-7-8-3-4-16-12(5-8)10-2-1-9(14)6-11(10)15/h1-6H,7H2. The molecule has 4 heteroatoms. The van der Waals surface area contributed by atoms with Gasteiger partial charge in [-0.25, -0.2) is 8.78 Å². The summed E-state index contributed by atoms with van der Waals surface area (Å²) in [6.07, 6.45) is 1.61. The smallest absolute Gasteiger partial charge is 0.135 e. The van der Waals surface area contributed by atoms with Gasteiger partial charge >= 0.3 is 0 Å². The van der Waals surface area contributed by atoms with E-state index in [2.05, 4.69) is 20.9 Å². The normalized spacial score (nSPS) is 10.4. The SMILES string of the molecule is Fc1ccc(-c2cc(CBr)ccn2)c(F)c1. The molecular formula is C12H8BrF2N. The molecule has 0 bridgehead atoms. The molecule has 0 radical (unpaired) electrons. The van der Waals surface area contributed by atoms with Gasteiger partial charge in [-0.15, -0.1) is 0 Å². The van der Waals surface area contributed by atoms with Crippen LogP contribution < -0.4 is 0 Å².